The van der Waals surface area contributed by atoms with Gasteiger partial charge in [-0.1, -0.05) is 17.7 Å². The molecule has 0 aliphatic rings. The number of carbonyl (C=O) groups is 3. The van der Waals surface area contributed by atoms with E-state index in [4.69, 9.17) is 5.11 Å². The molecule has 21 heavy (non-hydrogen) atoms. The molecule has 1 aromatic carbocycles. The van der Waals surface area contributed by atoms with E-state index in [2.05, 4.69) is 10.6 Å². The molecule has 0 atom stereocenters. The van der Waals surface area contributed by atoms with Crippen molar-refractivity contribution >= 4 is 17.8 Å². The first kappa shape index (κ1) is 16.7. The van der Waals surface area contributed by atoms with E-state index in [9.17, 15) is 14.4 Å². The lowest BCUT2D eigenvalue weighted by molar-refractivity contribution is -0.146. The molecular formula is C15H20N2O4. The van der Waals surface area contributed by atoms with Crippen LogP contribution in [0, 0.1) is 12.3 Å². The van der Waals surface area contributed by atoms with Gasteiger partial charge in [0.1, 0.15) is 0 Å². The Bertz CT molecular complexity index is 552. The summed E-state index contributed by atoms with van der Waals surface area (Å²) in [6.07, 6.45) is 0. The van der Waals surface area contributed by atoms with Gasteiger partial charge < -0.3 is 15.7 Å². The minimum absolute atomic E-state index is 0.00147. The second-order valence-corrected chi connectivity index (χ2v) is 5.52. The van der Waals surface area contributed by atoms with Gasteiger partial charge >= 0.3 is 5.97 Å². The van der Waals surface area contributed by atoms with Crippen LogP contribution in [0.5, 0.6) is 0 Å². The smallest absolute Gasteiger partial charge is 0.310 e. The summed E-state index contributed by atoms with van der Waals surface area (Å²) in [6, 6.07) is 7.02. The average Bonchev–Trinajstić information content (AvgIpc) is 2.42. The van der Waals surface area contributed by atoms with Crippen LogP contribution in [0.25, 0.3) is 0 Å². The summed E-state index contributed by atoms with van der Waals surface area (Å²) in [5.41, 5.74) is 0.389. The minimum Gasteiger partial charge on any atom is -0.481 e. The zero-order valence-corrected chi connectivity index (χ0v) is 12.4. The van der Waals surface area contributed by atoms with E-state index in [0.29, 0.717) is 5.56 Å². The van der Waals surface area contributed by atoms with Crippen LogP contribution in [0.2, 0.25) is 0 Å². The molecule has 0 unspecified atom stereocenters. The number of benzene rings is 1. The topological polar surface area (TPSA) is 95.5 Å². The maximum atomic E-state index is 11.8. The fourth-order valence-electron chi connectivity index (χ4n) is 1.51. The van der Waals surface area contributed by atoms with E-state index < -0.39 is 17.3 Å². The lowest BCUT2D eigenvalue weighted by atomic mass is 9.94. The summed E-state index contributed by atoms with van der Waals surface area (Å²) in [5, 5.41) is 13.9. The van der Waals surface area contributed by atoms with Crippen molar-refractivity contribution in [3.8, 4) is 0 Å². The molecule has 6 nitrogen and oxygen atoms in total. The lowest BCUT2D eigenvalue weighted by Gasteiger charge is -2.19. The van der Waals surface area contributed by atoms with Crippen molar-refractivity contribution in [2.75, 3.05) is 13.1 Å². The number of aryl methyl sites for hydroxylation is 1. The molecule has 2 amide bonds. The van der Waals surface area contributed by atoms with Crippen molar-refractivity contribution in [3.63, 3.8) is 0 Å². The monoisotopic (exact) mass is 292 g/mol. The summed E-state index contributed by atoms with van der Waals surface area (Å²) in [7, 11) is 0. The minimum atomic E-state index is -1.05. The van der Waals surface area contributed by atoms with E-state index in [0.717, 1.165) is 5.56 Å². The Morgan fingerprint density at radius 3 is 2.43 bits per heavy atom. The van der Waals surface area contributed by atoms with E-state index in [1.54, 1.807) is 18.2 Å². The number of amides is 2. The number of aliphatic carboxylic acids is 1. The molecule has 114 valence electrons. The fraction of sp³-hybridized carbons (Fsp3) is 0.400. The first-order chi connectivity index (χ1) is 9.72. The molecule has 1 aromatic rings. The van der Waals surface area contributed by atoms with Gasteiger partial charge in [0.05, 0.1) is 12.0 Å². The van der Waals surface area contributed by atoms with Crippen LogP contribution in [0.3, 0.4) is 0 Å². The van der Waals surface area contributed by atoms with Gasteiger partial charge in [-0.2, -0.15) is 0 Å². The zero-order valence-electron chi connectivity index (χ0n) is 12.4. The highest BCUT2D eigenvalue weighted by Crippen LogP contribution is 2.12. The molecule has 0 fully saturated rings. The third-order valence-corrected chi connectivity index (χ3v) is 3.00. The Hall–Kier alpha value is -2.37. The third-order valence-electron chi connectivity index (χ3n) is 3.00. The van der Waals surface area contributed by atoms with E-state index in [1.807, 2.05) is 13.0 Å². The van der Waals surface area contributed by atoms with E-state index in [1.165, 1.54) is 13.8 Å². The summed E-state index contributed by atoms with van der Waals surface area (Å²) >= 11 is 0. The molecular weight excluding hydrogens is 272 g/mol. The molecule has 3 N–H and O–H groups in total. The standard InChI is InChI=1S/C15H20N2O4/c1-10-5-4-6-11(7-10)13(19)16-8-12(18)17-9-15(2,3)14(20)21/h4-7H,8-9H2,1-3H3,(H,16,19)(H,17,18)(H,20,21). The third kappa shape index (κ3) is 5.25. The average molecular weight is 292 g/mol. The van der Waals surface area contributed by atoms with Crippen molar-refractivity contribution in [2.45, 2.75) is 20.8 Å². The van der Waals surface area contributed by atoms with Gasteiger partial charge in [0.15, 0.2) is 0 Å². The first-order valence-electron chi connectivity index (χ1n) is 6.57. The van der Waals surface area contributed by atoms with E-state index in [-0.39, 0.29) is 19.0 Å². The zero-order chi connectivity index (χ0) is 16.0. The quantitative estimate of drug-likeness (QED) is 0.727. The highest BCUT2D eigenvalue weighted by atomic mass is 16.4. The SMILES string of the molecule is Cc1cccc(C(=O)NCC(=O)NCC(C)(C)C(=O)O)c1. The number of nitrogens with one attached hydrogen (secondary N) is 2. The number of carbonyl (C=O) groups excluding carboxylic acids is 2. The summed E-state index contributed by atoms with van der Waals surface area (Å²) < 4.78 is 0. The summed E-state index contributed by atoms with van der Waals surface area (Å²) in [5.74, 6) is -1.76. The van der Waals surface area contributed by atoms with Crippen molar-refractivity contribution < 1.29 is 19.5 Å². The molecule has 0 saturated heterocycles. The largest absolute Gasteiger partial charge is 0.481 e. The number of hydrogen-bond donors (Lipinski definition) is 3. The maximum absolute atomic E-state index is 11.8. The summed E-state index contributed by atoms with van der Waals surface area (Å²) in [4.78, 5) is 34.3. The second-order valence-electron chi connectivity index (χ2n) is 5.52. The number of carboxylic acids is 1. The highest BCUT2D eigenvalue weighted by Gasteiger charge is 2.27. The van der Waals surface area contributed by atoms with Gasteiger partial charge in [-0.15, -0.1) is 0 Å². The molecule has 0 bridgehead atoms. The predicted octanol–water partition coefficient (Wildman–Crippen LogP) is 0.952. The van der Waals surface area contributed by atoms with Gasteiger partial charge in [-0.25, -0.2) is 0 Å². The molecule has 1 rings (SSSR count). The molecule has 0 aliphatic heterocycles. The molecule has 0 aliphatic carbocycles. The van der Waals surface area contributed by atoms with Crippen LogP contribution in [-0.2, 0) is 9.59 Å². The fourth-order valence-corrected chi connectivity index (χ4v) is 1.51. The molecule has 0 aromatic heterocycles. The molecule has 0 saturated carbocycles. The maximum Gasteiger partial charge on any atom is 0.310 e. The van der Waals surface area contributed by atoms with Gasteiger partial charge in [0, 0.05) is 12.1 Å². The van der Waals surface area contributed by atoms with Crippen molar-refractivity contribution in [1.82, 2.24) is 10.6 Å². The van der Waals surface area contributed by atoms with Crippen molar-refractivity contribution in [2.24, 2.45) is 5.41 Å². The van der Waals surface area contributed by atoms with Crippen molar-refractivity contribution in [1.29, 1.82) is 0 Å². The number of hydrogen-bond acceptors (Lipinski definition) is 3. The van der Waals surface area contributed by atoms with Crippen LogP contribution >= 0.6 is 0 Å². The molecule has 0 radical (unpaired) electrons. The van der Waals surface area contributed by atoms with Crippen LogP contribution in [0.15, 0.2) is 24.3 Å². The van der Waals surface area contributed by atoms with Gasteiger partial charge in [0.2, 0.25) is 5.91 Å². The Kier molecular flexibility index (Phi) is 5.46. The van der Waals surface area contributed by atoms with Crippen LogP contribution in [0.4, 0.5) is 0 Å². The lowest BCUT2D eigenvalue weighted by Crippen LogP contribution is -2.43. The van der Waals surface area contributed by atoms with Crippen LogP contribution in [0.1, 0.15) is 29.8 Å². The number of rotatable bonds is 6. The molecule has 0 spiro atoms. The number of carboxylic acid groups (broad SMARTS) is 1. The Labute approximate surface area is 123 Å². The van der Waals surface area contributed by atoms with Crippen LogP contribution < -0.4 is 10.6 Å². The van der Waals surface area contributed by atoms with Crippen molar-refractivity contribution in [3.05, 3.63) is 35.4 Å². The van der Waals surface area contributed by atoms with E-state index >= 15 is 0 Å². The second kappa shape index (κ2) is 6.88. The predicted molar refractivity (Wildman–Crippen MR) is 77.9 cm³/mol. The summed E-state index contributed by atoms with van der Waals surface area (Å²) in [6.45, 7) is 4.71. The highest BCUT2D eigenvalue weighted by molar-refractivity contribution is 5.96. The van der Waals surface area contributed by atoms with Gasteiger partial charge in [-0.3, -0.25) is 14.4 Å². The van der Waals surface area contributed by atoms with Gasteiger partial charge in [-0.05, 0) is 32.9 Å². The first-order valence-corrected chi connectivity index (χ1v) is 6.57. The Balaban J connectivity index is 2.43. The normalized spacial score (nSPS) is 10.8. The van der Waals surface area contributed by atoms with Crippen LogP contribution in [-0.4, -0.2) is 36.0 Å². The Morgan fingerprint density at radius 2 is 1.86 bits per heavy atom. The Morgan fingerprint density at radius 1 is 1.19 bits per heavy atom. The molecule has 0 heterocycles. The molecule has 6 heteroatoms. The van der Waals surface area contributed by atoms with Gasteiger partial charge in [0.25, 0.3) is 5.91 Å².